The van der Waals surface area contributed by atoms with E-state index in [4.69, 9.17) is 0 Å². The maximum Gasteiger partial charge on any atom is 0.270 e. The number of aromatic nitrogens is 1. The van der Waals surface area contributed by atoms with E-state index in [-0.39, 0.29) is 11.5 Å². The molecule has 110 valence electrons. The van der Waals surface area contributed by atoms with Crippen molar-refractivity contribution in [2.24, 2.45) is 0 Å². The second-order valence-corrected chi connectivity index (χ2v) is 5.10. The summed E-state index contributed by atoms with van der Waals surface area (Å²) in [6, 6.07) is 12.3. The quantitative estimate of drug-likeness (QED) is 0.918. The second kappa shape index (κ2) is 6.88. The van der Waals surface area contributed by atoms with Gasteiger partial charge in [-0.05, 0) is 38.0 Å². The lowest BCUT2D eigenvalue weighted by atomic mass is 10.1. The molecule has 21 heavy (non-hydrogen) atoms. The summed E-state index contributed by atoms with van der Waals surface area (Å²) >= 11 is 0. The van der Waals surface area contributed by atoms with Crippen LogP contribution in [0.4, 0.5) is 0 Å². The van der Waals surface area contributed by atoms with Crippen molar-refractivity contribution in [2.45, 2.75) is 33.1 Å². The van der Waals surface area contributed by atoms with E-state index in [2.05, 4.69) is 12.3 Å². The van der Waals surface area contributed by atoms with Crippen molar-refractivity contribution in [1.82, 2.24) is 4.68 Å². The van der Waals surface area contributed by atoms with Gasteiger partial charge in [-0.1, -0.05) is 37.1 Å². The first-order valence-corrected chi connectivity index (χ1v) is 7.21. The molecule has 0 aliphatic carbocycles. The van der Waals surface area contributed by atoms with Crippen LogP contribution in [0.25, 0.3) is 0 Å². The summed E-state index contributed by atoms with van der Waals surface area (Å²) in [7, 11) is 0. The number of nitrogens with zero attached hydrogens (tertiary/aromatic N) is 1. The highest BCUT2D eigenvalue weighted by Gasteiger charge is 2.09. The Labute approximate surface area is 124 Å². The predicted molar refractivity (Wildman–Crippen MR) is 84.2 cm³/mol. The molecular formula is C17H20N2O2. The molecule has 1 aromatic heterocycles. The first-order valence-electron chi connectivity index (χ1n) is 7.21. The maximum atomic E-state index is 12.3. The summed E-state index contributed by atoms with van der Waals surface area (Å²) in [6.07, 6.45) is 2.78. The fourth-order valence-corrected chi connectivity index (χ4v) is 2.16. The number of carbonyl (C=O) groups is 1. The normalized spacial score (nSPS) is 10.4. The third-order valence-electron chi connectivity index (χ3n) is 3.32. The zero-order valence-electron chi connectivity index (χ0n) is 12.4. The summed E-state index contributed by atoms with van der Waals surface area (Å²) in [6.45, 7) is 4.02. The monoisotopic (exact) mass is 284 g/mol. The third kappa shape index (κ3) is 3.81. The van der Waals surface area contributed by atoms with Crippen molar-refractivity contribution in [3.63, 3.8) is 0 Å². The van der Waals surface area contributed by atoms with Gasteiger partial charge in [0, 0.05) is 17.3 Å². The minimum absolute atomic E-state index is 0.218. The first-order chi connectivity index (χ1) is 10.1. The van der Waals surface area contributed by atoms with Crippen LogP contribution in [0.1, 0.15) is 41.4 Å². The standard InChI is InChI=1S/C17H20N2O2/c1-3-4-9-15-10-6-11-16(20)19(15)18-17(21)14-8-5-7-13(2)12-14/h5-8,10-12H,3-4,9H2,1-2H3,(H,18,21). The number of amides is 1. The average molecular weight is 284 g/mol. The molecule has 2 rings (SSSR count). The number of unbranched alkanes of at least 4 members (excludes halogenated alkanes) is 1. The third-order valence-corrected chi connectivity index (χ3v) is 3.32. The average Bonchev–Trinajstić information content (AvgIpc) is 2.47. The van der Waals surface area contributed by atoms with Gasteiger partial charge in [-0.3, -0.25) is 15.0 Å². The Balaban J connectivity index is 2.26. The summed E-state index contributed by atoms with van der Waals surface area (Å²) in [5, 5.41) is 0. The van der Waals surface area contributed by atoms with Crippen molar-refractivity contribution >= 4 is 5.91 Å². The van der Waals surface area contributed by atoms with Crippen LogP contribution in [0.5, 0.6) is 0 Å². The zero-order valence-corrected chi connectivity index (χ0v) is 12.4. The van der Waals surface area contributed by atoms with Crippen LogP contribution in [-0.2, 0) is 6.42 Å². The predicted octanol–water partition coefficient (Wildman–Crippen LogP) is 2.88. The Hall–Kier alpha value is -2.36. The molecule has 0 saturated carbocycles. The van der Waals surface area contributed by atoms with E-state index >= 15 is 0 Å². The van der Waals surface area contributed by atoms with Gasteiger partial charge in [-0.15, -0.1) is 0 Å². The SMILES string of the molecule is CCCCc1cccc(=O)n1NC(=O)c1cccc(C)c1. The Bertz CT molecular complexity index is 689. The summed E-state index contributed by atoms with van der Waals surface area (Å²) in [5.74, 6) is -0.273. The van der Waals surface area contributed by atoms with Crippen molar-refractivity contribution in [1.29, 1.82) is 0 Å². The molecule has 0 unspecified atom stereocenters. The smallest absolute Gasteiger partial charge is 0.267 e. The molecule has 1 heterocycles. The Morgan fingerprint density at radius 3 is 2.67 bits per heavy atom. The van der Waals surface area contributed by atoms with Crippen molar-refractivity contribution < 1.29 is 4.79 Å². The largest absolute Gasteiger partial charge is 0.270 e. The van der Waals surface area contributed by atoms with E-state index in [0.29, 0.717) is 5.56 Å². The van der Waals surface area contributed by atoms with E-state index < -0.39 is 0 Å². The van der Waals surface area contributed by atoms with Crippen LogP contribution in [0.3, 0.4) is 0 Å². The lowest BCUT2D eigenvalue weighted by Gasteiger charge is -2.13. The molecule has 0 aliphatic heterocycles. The van der Waals surface area contributed by atoms with Crippen molar-refractivity contribution in [3.05, 3.63) is 69.6 Å². The maximum absolute atomic E-state index is 12.3. The Morgan fingerprint density at radius 2 is 1.95 bits per heavy atom. The van der Waals surface area contributed by atoms with Gasteiger partial charge in [0.1, 0.15) is 0 Å². The Kier molecular flexibility index (Phi) is 4.93. The van der Waals surface area contributed by atoms with E-state index in [1.807, 2.05) is 25.1 Å². The molecule has 1 amide bonds. The number of rotatable bonds is 5. The number of aryl methyl sites for hydroxylation is 2. The topological polar surface area (TPSA) is 51.1 Å². The molecule has 0 aliphatic rings. The summed E-state index contributed by atoms with van der Waals surface area (Å²) < 4.78 is 1.35. The number of hydrogen-bond donors (Lipinski definition) is 1. The second-order valence-electron chi connectivity index (χ2n) is 5.10. The number of carbonyl (C=O) groups excluding carboxylic acids is 1. The minimum atomic E-state index is -0.273. The molecule has 0 saturated heterocycles. The van der Waals surface area contributed by atoms with Crippen molar-refractivity contribution in [2.75, 3.05) is 5.43 Å². The molecule has 1 aromatic carbocycles. The summed E-state index contributed by atoms with van der Waals surface area (Å²) in [4.78, 5) is 24.3. The van der Waals surface area contributed by atoms with Gasteiger partial charge in [-0.2, -0.15) is 0 Å². The highest BCUT2D eigenvalue weighted by atomic mass is 16.2. The van der Waals surface area contributed by atoms with Crippen molar-refractivity contribution in [3.8, 4) is 0 Å². The van der Waals surface area contributed by atoms with Gasteiger partial charge in [0.05, 0.1) is 0 Å². The van der Waals surface area contributed by atoms with Crippen LogP contribution in [0.2, 0.25) is 0 Å². The lowest BCUT2D eigenvalue weighted by molar-refractivity contribution is 0.101. The zero-order chi connectivity index (χ0) is 15.2. The van der Waals surface area contributed by atoms with Gasteiger partial charge < -0.3 is 0 Å². The van der Waals surface area contributed by atoms with E-state index in [1.165, 1.54) is 10.7 Å². The van der Waals surface area contributed by atoms with Gasteiger partial charge >= 0.3 is 0 Å². The number of nitrogens with one attached hydrogen (secondary N) is 1. The number of benzene rings is 1. The number of pyridine rings is 1. The fraction of sp³-hybridized carbons (Fsp3) is 0.294. The van der Waals surface area contributed by atoms with Gasteiger partial charge in [-0.25, -0.2) is 4.68 Å². The van der Waals surface area contributed by atoms with Gasteiger partial charge in [0.25, 0.3) is 11.5 Å². The molecule has 4 heteroatoms. The highest BCUT2D eigenvalue weighted by molar-refractivity contribution is 6.00. The van der Waals surface area contributed by atoms with Crippen LogP contribution >= 0.6 is 0 Å². The van der Waals surface area contributed by atoms with Crippen LogP contribution in [0.15, 0.2) is 47.3 Å². The molecule has 1 N–H and O–H groups in total. The fourth-order valence-electron chi connectivity index (χ4n) is 2.16. The van der Waals surface area contributed by atoms with Gasteiger partial charge in [0.15, 0.2) is 0 Å². The highest BCUT2D eigenvalue weighted by Crippen LogP contribution is 2.06. The Morgan fingerprint density at radius 1 is 1.19 bits per heavy atom. The number of hydrogen-bond acceptors (Lipinski definition) is 2. The lowest BCUT2D eigenvalue weighted by Crippen LogP contribution is -2.34. The van der Waals surface area contributed by atoms with Gasteiger partial charge in [0.2, 0.25) is 0 Å². The molecule has 0 fully saturated rings. The molecule has 0 radical (unpaired) electrons. The first kappa shape index (κ1) is 15.0. The molecule has 4 nitrogen and oxygen atoms in total. The van der Waals surface area contributed by atoms with E-state index in [9.17, 15) is 9.59 Å². The summed E-state index contributed by atoms with van der Waals surface area (Å²) in [5.41, 5.74) is 4.86. The molecule has 0 bridgehead atoms. The molecule has 2 aromatic rings. The van der Waals surface area contributed by atoms with Crippen LogP contribution in [-0.4, -0.2) is 10.6 Å². The van der Waals surface area contributed by atoms with E-state index in [0.717, 1.165) is 30.5 Å². The van der Waals surface area contributed by atoms with Crippen LogP contribution in [0, 0.1) is 6.92 Å². The molecular weight excluding hydrogens is 264 g/mol. The minimum Gasteiger partial charge on any atom is -0.267 e. The molecule has 0 atom stereocenters. The van der Waals surface area contributed by atoms with Crippen LogP contribution < -0.4 is 11.0 Å². The molecule has 0 spiro atoms. The van der Waals surface area contributed by atoms with E-state index in [1.54, 1.807) is 18.2 Å².